The van der Waals surface area contributed by atoms with E-state index in [1.165, 1.54) is 24.8 Å². The van der Waals surface area contributed by atoms with E-state index >= 15 is 0 Å². The van der Waals surface area contributed by atoms with E-state index in [1.807, 2.05) is 12.1 Å². The average molecular weight is 332 g/mol. The highest BCUT2D eigenvalue weighted by molar-refractivity contribution is 5.94. The van der Waals surface area contributed by atoms with Crippen LogP contribution in [0.3, 0.4) is 0 Å². The van der Waals surface area contributed by atoms with Crippen molar-refractivity contribution in [3.8, 4) is 0 Å². The topological polar surface area (TPSA) is 41.6 Å². The molecule has 0 saturated carbocycles. The number of nitrogens with zero attached hydrogens (tertiary/aromatic N) is 1. The number of amides is 1. The van der Waals surface area contributed by atoms with Gasteiger partial charge >= 0.3 is 0 Å². The largest absolute Gasteiger partial charge is 0.379 e. The minimum Gasteiger partial charge on any atom is -0.379 e. The molecule has 0 aromatic heterocycles. The van der Waals surface area contributed by atoms with Crippen molar-refractivity contribution >= 4 is 5.91 Å². The van der Waals surface area contributed by atoms with Crippen LogP contribution in [0.15, 0.2) is 24.3 Å². The predicted molar refractivity (Wildman–Crippen MR) is 98.2 cm³/mol. The molecule has 1 amide bonds. The molecular formula is C20H32N2O2. The zero-order valence-corrected chi connectivity index (χ0v) is 15.2. The minimum atomic E-state index is 0.0443. The molecule has 4 nitrogen and oxygen atoms in total. The van der Waals surface area contributed by atoms with Gasteiger partial charge in [0.1, 0.15) is 0 Å². The number of morpholine rings is 1. The van der Waals surface area contributed by atoms with Gasteiger partial charge in [-0.1, -0.05) is 45.2 Å². The van der Waals surface area contributed by atoms with Crippen molar-refractivity contribution in [2.24, 2.45) is 5.92 Å². The molecule has 1 aromatic rings. The molecule has 1 aliphatic rings. The van der Waals surface area contributed by atoms with Crippen molar-refractivity contribution in [3.63, 3.8) is 0 Å². The lowest BCUT2D eigenvalue weighted by Gasteiger charge is -2.26. The first kappa shape index (κ1) is 18.9. The van der Waals surface area contributed by atoms with Gasteiger partial charge in [-0.25, -0.2) is 0 Å². The molecule has 1 aromatic carbocycles. The summed E-state index contributed by atoms with van der Waals surface area (Å²) in [6.45, 7) is 9.73. The lowest BCUT2D eigenvalue weighted by molar-refractivity contribution is 0.0342. The van der Waals surface area contributed by atoms with Gasteiger partial charge in [0.25, 0.3) is 5.91 Å². The number of nitrogens with one attached hydrogen (secondary N) is 1. The van der Waals surface area contributed by atoms with E-state index in [0.717, 1.165) is 51.4 Å². The second-order valence-corrected chi connectivity index (χ2v) is 6.71. The molecule has 0 bridgehead atoms. The molecule has 1 heterocycles. The highest BCUT2D eigenvalue weighted by Gasteiger charge is 2.12. The zero-order valence-electron chi connectivity index (χ0n) is 15.2. The Bertz CT molecular complexity index is 481. The Hall–Kier alpha value is -1.39. The molecule has 4 heteroatoms. The molecule has 1 atom stereocenters. The third kappa shape index (κ3) is 6.25. The molecule has 2 rings (SSSR count). The average Bonchev–Trinajstić information content (AvgIpc) is 2.63. The molecule has 0 radical (unpaired) electrons. The molecule has 0 spiro atoms. The molecule has 134 valence electrons. The van der Waals surface area contributed by atoms with Crippen LogP contribution in [0.5, 0.6) is 0 Å². The molecule has 1 fully saturated rings. The fraction of sp³-hybridized carbons (Fsp3) is 0.650. The van der Waals surface area contributed by atoms with Crippen molar-refractivity contribution in [2.45, 2.75) is 46.1 Å². The molecule has 1 aliphatic heterocycles. The summed E-state index contributed by atoms with van der Waals surface area (Å²) in [5.74, 6) is 0.636. The summed E-state index contributed by atoms with van der Waals surface area (Å²) in [5, 5.41) is 3.09. The summed E-state index contributed by atoms with van der Waals surface area (Å²) in [6.07, 6.45) is 4.78. The van der Waals surface area contributed by atoms with Crippen molar-refractivity contribution < 1.29 is 9.53 Å². The van der Waals surface area contributed by atoms with Crippen molar-refractivity contribution in [2.75, 3.05) is 32.8 Å². The van der Waals surface area contributed by atoms with Crippen LogP contribution in [-0.2, 0) is 11.3 Å². The van der Waals surface area contributed by atoms with E-state index in [-0.39, 0.29) is 5.91 Å². The SMILES string of the molecule is CCCCC(CC)CNC(=O)c1ccc(CN2CCOCC2)cc1. The first-order valence-electron chi connectivity index (χ1n) is 9.40. The quantitative estimate of drug-likeness (QED) is 0.753. The van der Waals surface area contributed by atoms with Crippen molar-refractivity contribution in [1.29, 1.82) is 0 Å². The number of carbonyl (C=O) groups is 1. The third-order valence-electron chi connectivity index (χ3n) is 4.82. The van der Waals surface area contributed by atoms with Crippen LogP contribution in [0.2, 0.25) is 0 Å². The van der Waals surface area contributed by atoms with E-state index < -0.39 is 0 Å². The van der Waals surface area contributed by atoms with Gasteiger partial charge in [-0.3, -0.25) is 9.69 Å². The predicted octanol–water partition coefficient (Wildman–Crippen LogP) is 3.47. The van der Waals surface area contributed by atoms with Crippen LogP contribution in [-0.4, -0.2) is 43.7 Å². The summed E-state index contributed by atoms with van der Waals surface area (Å²) in [4.78, 5) is 14.7. The van der Waals surface area contributed by atoms with Gasteiger partial charge in [0.15, 0.2) is 0 Å². The monoisotopic (exact) mass is 332 g/mol. The van der Waals surface area contributed by atoms with Gasteiger partial charge in [0.2, 0.25) is 0 Å². The summed E-state index contributed by atoms with van der Waals surface area (Å²) in [7, 11) is 0. The van der Waals surface area contributed by atoms with Crippen LogP contribution in [0.1, 0.15) is 55.5 Å². The van der Waals surface area contributed by atoms with E-state index in [1.54, 1.807) is 0 Å². The standard InChI is InChI=1S/C20H32N2O2/c1-3-5-6-17(4-2)15-21-20(23)19-9-7-18(8-10-19)16-22-11-13-24-14-12-22/h7-10,17H,3-6,11-16H2,1-2H3,(H,21,23). The fourth-order valence-electron chi connectivity index (χ4n) is 3.06. The van der Waals surface area contributed by atoms with Crippen LogP contribution < -0.4 is 5.32 Å². The maximum absolute atomic E-state index is 12.3. The third-order valence-corrected chi connectivity index (χ3v) is 4.82. The van der Waals surface area contributed by atoms with Gasteiger partial charge < -0.3 is 10.1 Å². The molecule has 24 heavy (non-hydrogen) atoms. The second kappa shape index (κ2) is 10.5. The molecule has 1 unspecified atom stereocenters. The number of hydrogen-bond acceptors (Lipinski definition) is 3. The summed E-state index contributed by atoms with van der Waals surface area (Å²) >= 11 is 0. The number of ether oxygens (including phenoxy) is 1. The Morgan fingerprint density at radius 1 is 1.21 bits per heavy atom. The molecule has 0 aliphatic carbocycles. The Morgan fingerprint density at radius 2 is 1.92 bits per heavy atom. The maximum Gasteiger partial charge on any atom is 0.251 e. The number of carbonyl (C=O) groups excluding carboxylic acids is 1. The highest BCUT2D eigenvalue weighted by Crippen LogP contribution is 2.12. The lowest BCUT2D eigenvalue weighted by atomic mass is 9.99. The van der Waals surface area contributed by atoms with Crippen LogP contribution in [0, 0.1) is 5.92 Å². The van der Waals surface area contributed by atoms with E-state index in [4.69, 9.17) is 4.74 Å². The number of benzene rings is 1. The minimum absolute atomic E-state index is 0.0443. The lowest BCUT2D eigenvalue weighted by Crippen LogP contribution is -2.35. The second-order valence-electron chi connectivity index (χ2n) is 6.71. The van der Waals surface area contributed by atoms with Gasteiger partial charge in [-0.15, -0.1) is 0 Å². The first-order valence-corrected chi connectivity index (χ1v) is 9.40. The molecule has 1 saturated heterocycles. The number of unbranched alkanes of at least 4 members (excludes halogenated alkanes) is 1. The summed E-state index contributed by atoms with van der Waals surface area (Å²) in [5.41, 5.74) is 2.01. The molecule has 1 N–H and O–H groups in total. The van der Waals surface area contributed by atoms with Gasteiger partial charge in [-0.2, -0.15) is 0 Å². The van der Waals surface area contributed by atoms with Gasteiger partial charge in [-0.05, 0) is 30.0 Å². The Morgan fingerprint density at radius 3 is 2.54 bits per heavy atom. The number of hydrogen-bond donors (Lipinski definition) is 1. The fourth-order valence-corrected chi connectivity index (χ4v) is 3.06. The van der Waals surface area contributed by atoms with Crippen LogP contribution in [0.4, 0.5) is 0 Å². The maximum atomic E-state index is 12.3. The van der Waals surface area contributed by atoms with Crippen LogP contribution in [0.25, 0.3) is 0 Å². The van der Waals surface area contributed by atoms with Crippen LogP contribution >= 0.6 is 0 Å². The Labute approximate surface area is 146 Å². The van der Waals surface area contributed by atoms with Crippen molar-refractivity contribution in [1.82, 2.24) is 10.2 Å². The molecular weight excluding hydrogens is 300 g/mol. The van der Waals surface area contributed by atoms with E-state index in [0.29, 0.717) is 5.92 Å². The van der Waals surface area contributed by atoms with Crippen molar-refractivity contribution in [3.05, 3.63) is 35.4 Å². The first-order chi connectivity index (χ1) is 11.7. The van der Waals surface area contributed by atoms with Gasteiger partial charge in [0.05, 0.1) is 13.2 Å². The summed E-state index contributed by atoms with van der Waals surface area (Å²) in [6, 6.07) is 8.02. The number of rotatable bonds is 9. The smallest absolute Gasteiger partial charge is 0.251 e. The summed E-state index contributed by atoms with van der Waals surface area (Å²) < 4.78 is 5.37. The zero-order chi connectivity index (χ0) is 17.2. The van der Waals surface area contributed by atoms with Gasteiger partial charge in [0, 0.05) is 31.7 Å². The highest BCUT2D eigenvalue weighted by atomic mass is 16.5. The Balaban J connectivity index is 1.79. The Kier molecular flexibility index (Phi) is 8.26. The van der Waals surface area contributed by atoms with E-state index in [2.05, 4.69) is 36.2 Å². The van der Waals surface area contributed by atoms with E-state index in [9.17, 15) is 4.79 Å². The normalized spacial score (nSPS) is 16.8.